The number of rotatable bonds is 5. The van der Waals surface area contributed by atoms with E-state index in [2.05, 4.69) is 4.99 Å². The Morgan fingerprint density at radius 2 is 2.05 bits per heavy atom. The van der Waals surface area contributed by atoms with E-state index in [0.29, 0.717) is 36.6 Å². The number of ether oxygens (including phenoxy) is 2. The van der Waals surface area contributed by atoms with Gasteiger partial charge < -0.3 is 9.47 Å². The maximum atomic E-state index is 12.3. The Kier molecular flexibility index (Phi) is 4.29. The van der Waals surface area contributed by atoms with Gasteiger partial charge in [-0.3, -0.25) is 14.4 Å². The van der Waals surface area contributed by atoms with Crippen LogP contribution in [0.2, 0.25) is 0 Å². The third-order valence-electron chi connectivity index (χ3n) is 3.32. The third kappa shape index (κ3) is 2.78. The first-order valence-corrected chi connectivity index (χ1v) is 8.20. The molecule has 0 amide bonds. The lowest BCUT2D eigenvalue weighted by Gasteiger charge is -2.11. The van der Waals surface area contributed by atoms with E-state index in [4.69, 9.17) is 9.47 Å². The van der Waals surface area contributed by atoms with E-state index in [1.165, 1.54) is 11.3 Å². The van der Waals surface area contributed by atoms with Crippen LogP contribution in [0.15, 0.2) is 28.0 Å². The summed E-state index contributed by atoms with van der Waals surface area (Å²) in [6, 6.07) is 5.71. The molecule has 0 atom stereocenters. The fraction of sp³-hybridized carbons (Fsp3) is 0.375. The van der Waals surface area contributed by atoms with Gasteiger partial charge in [-0.05, 0) is 37.6 Å². The summed E-state index contributed by atoms with van der Waals surface area (Å²) >= 11 is 1.43. The van der Waals surface area contributed by atoms with E-state index in [1.807, 2.05) is 38.1 Å². The van der Waals surface area contributed by atoms with Crippen LogP contribution in [0.25, 0.3) is 6.08 Å². The Balaban J connectivity index is 2.04. The summed E-state index contributed by atoms with van der Waals surface area (Å²) in [6.07, 6.45) is 1.88. The van der Waals surface area contributed by atoms with Gasteiger partial charge >= 0.3 is 0 Å². The molecule has 1 aliphatic rings. The molecule has 0 saturated heterocycles. The molecule has 0 fully saturated rings. The van der Waals surface area contributed by atoms with E-state index in [-0.39, 0.29) is 5.56 Å². The van der Waals surface area contributed by atoms with Crippen LogP contribution in [0, 0.1) is 0 Å². The Morgan fingerprint density at radius 1 is 1.27 bits per heavy atom. The zero-order valence-corrected chi connectivity index (χ0v) is 13.5. The molecule has 1 aliphatic heterocycles. The molecule has 6 heteroatoms. The average molecular weight is 318 g/mol. The summed E-state index contributed by atoms with van der Waals surface area (Å²) in [6.45, 7) is 6.42. The first-order valence-electron chi connectivity index (χ1n) is 7.38. The van der Waals surface area contributed by atoms with Gasteiger partial charge in [0, 0.05) is 6.54 Å². The van der Waals surface area contributed by atoms with Gasteiger partial charge in [-0.2, -0.15) is 0 Å². The van der Waals surface area contributed by atoms with Crippen molar-refractivity contribution in [2.45, 2.75) is 20.4 Å². The molecule has 116 valence electrons. The molecule has 5 nitrogen and oxygen atoms in total. The summed E-state index contributed by atoms with van der Waals surface area (Å²) in [5.41, 5.74) is 0.956. The van der Waals surface area contributed by atoms with Crippen molar-refractivity contribution in [3.63, 3.8) is 0 Å². The predicted octanol–water partition coefficient (Wildman–Crippen LogP) is 1.17. The largest absolute Gasteiger partial charge is 0.490 e. The van der Waals surface area contributed by atoms with Crippen LogP contribution in [0.3, 0.4) is 0 Å². The van der Waals surface area contributed by atoms with Crippen LogP contribution < -0.4 is 24.4 Å². The highest BCUT2D eigenvalue weighted by Crippen LogP contribution is 2.28. The zero-order valence-electron chi connectivity index (χ0n) is 12.7. The molecule has 0 bridgehead atoms. The number of aromatic nitrogens is 1. The van der Waals surface area contributed by atoms with Crippen LogP contribution in [0.5, 0.6) is 11.5 Å². The van der Waals surface area contributed by atoms with Crippen LogP contribution in [-0.2, 0) is 6.54 Å². The highest BCUT2D eigenvalue weighted by atomic mass is 32.1. The van der Waals surface area contributed by atoms with Crippen LogP contribution in [0.4, 0.5) is 0 Å². The molecular formula is C16H18N2O3S. The molecule has 0 unspecified atom stereocenters. The summed E-state index contributed by atoms with van der Waals surface area (Å²) in [5.74, 6) is 1.42. The Morgan fingerprint density at radius 3 is 2.77 bits per heavy atom. The smallest absolute Gasteiger partial charge is 0.270 e. The second kappa shape index (κ2) is 6.36. The fourth-order valence-corrected chi connectivity index (χ4v) is 3.41. The van der Waals surface area contributed by atoms with Gasteiger partial charge in [0.25, 0.3) is 5.56 Å². The van der Waals surface area contributed by atoms with Crippen molar-refractivity contribution in [3.8, 4) is 11.5 Å². The van der Waals surface area contributed by atoms with Crippen molar-refractivity contribution in [1.29, 1.82) is 0 Å². The van der Waals surface area contributed by atoms with Gasteiger partial charge in [-0.1, -0.05) is 17.4 Å². The Hall–Kier alpha value is -2.08. The second-order valence-electron chi connectivity index (χ2n) is 4.80. The minimum absolute atomic E-state index is 0.0353. The van der Waals surface area contributed by atoms with Crippen molar-refractivity contribution < 1.29 is 9.47 Å². The van der Waals surface area contributed by atoms with E-state index >= 15 is 0 Å². The van der Waals surface area contributed by atoms with Gasteiger partial charge in [0.1, 0.15) is 0 Å². The van der Waals surface area contributed by atoms with Crippen LogP contribution >= 0.6 is 11.3 Å². The van der Waals surface area contributed by atoms with Crippen molar-refractivity contribution in [1.82, 2.24) is 4.57 Å². The van der Waals surface area contributed by atoms with E-state index in [0.717, 1.165) is 16.1 Å². The van der Waals surface area contributed by atoms with Gasteiger partial charge in [0.15, 0.2) is 16.3 Å². The molecule has 22 heavy (non-hydrogen) atoms. The van der Waals surface area contributed by atoms with E-state index in [9.17, 15) is 4.79 Å². The molecular weight excluding hydrogens is 300 g/mol. The highest BCUT2D eigenvalue weighted by molar-refractivity contribution is 7.07. The van der Waals surface area contributed by atoms with Crippen molar-refractivity contribution in [3.05, 3.63) is 43.5 Å². The molecule has 2 heterocycles. The third-order valence-corrected chi connectivity index (χ3v) is 4.37. The summed E-state index contributed by atoms with van der Waals surface area (Å²) in [7, 11) is 0. The normalized spacial score (nSPS) is 13.8. The Labute approximate surface area is 132 Å². The van der Waals surface area contributed by atoms with Gasteiger partial charge in [-0.15, -0.1) is 0 Å². The first-order chi connectivity index (χ1) is 10.7. The molecule has 3 rings (SSSR count). The van der Waals surface area contributed by atoms with Gasteiger partial charge in [0.2, 0.25) is 0 Å². The zero-order chi connectivity index (χ0) is 15.5. The molecule has 1 aromatic heterocycles. The number of fused-ring (bicyclic) bond motifs is 1. The first kappa shape index (κ1) is 14.8. The number of hydrogen-bond donors (Lipinski definition) is 0. The molecule has 0 aliphatic carbocycles. The maximum Gasteiger partial charge on any atom is 0.270 e. The molecule has 2 aromatic rings. The van der Waals surface area contributed by atoms with Crippen molar-refractivity contribution in [2.24, 2.45) is 4.99 Å². The van der Waals surface area contributed by atoms with E-state index < -0.39 is 0 Å². The minimum Gasteiger partial charge on any atom is -0.490 e. The predicted molar refractivity (Wildman–Crippen MR) is 86.6 cm³/mol. The molecule has 0 saturated carbocycles. The lowest BCUT2D eigenvalue weighted by molar-refractivity contribution is 0.287. The Bertz CT molecular complexity index is 851. The molecule has 1 aromatic carbocycles. The maximum absolute atomic E-state index is 12.3. The number of nitrogens with zero attached hydrogens (tertiary/aromatic N) is 2. The molecule has 0 radical (unpaired) electrons. The summed E-state index contributed by atoms with van der Waals surface area (Å²) < 4.78 is 13.6. The van der Waals surface area contributed by atoms with Crippen molar-refractivity contribution >= 4 is 17.4 Å². The van der Waals surface area contributed by atoms with E-state index in [1.54, 1.807) is 4.57 Å². The monoisotopic (exact) mass is 318 g/mol. The lowest BCUT2D eigenvalue weighted by atomic mass is 10.2. The minimum atomic E-state index is 0.0353. The fourth-order valence-electron chi connectivity index (χ4n) is 2.38. The molecule has 0 N–H and O–H groups in total. The average Bonchev–Trinajstić information content (AvgIpc) is 3.07. The van der Waals surface area contributed by atoms with Gasteiger partial charge in [-0.25, -0.2) is 0 Å². The van der Waals surface area contributed by atoms with Gasteiger partial charge in [0.05, 0.1) is 24.3 Å². The van der Waals surface area contributed by atoms with Crippen LogP contribution in [-0.4, -0.2) is 24.3 Å². The standard InChI is InChI=1S/C16H18N2O3S/c1-3-20-12-6-5-11(9-13(12)21-4-2)10-14-15(19)18-8-7-17-16(18)22-14/h5-6,9-10H,3-4,7-8H2,1-2H3/b14-10+. The summed E-state index contributed by atoms with van der Waals surface area (Å²) in [5, 5.41) is 0. The molecule has 0 spiro atoms. The number of benzene rings is 1. The number of hydrogen-bond acceptors (Lipinski definition) is 5. The highest BCUT2D eigenvalue weighted by Gasteiger charge is 2.10. The van der Waals surface area contributed by atoms with Crippen molar-refractivity contribution in [2.75, 3.05) is 19.8 Å². The van der Waals surface area contributed by atoms with Crippen LogP contribution in [0.1, 0.15) is 19.4 Å². The summed E-state index contributed by atoms with van der Waals surface area (Å²) in [4.78, 5) is 17.4. The lowest BCUT2D eigenvalue weighted by Crippen LogP contribution is -2.29. The topological polar surface area (TPSA) is 52.8 Å². The second-order valence-corrected chi connectivity index (χ2v) is 5.81. The SMILES string of the molecule is CCOc1ccc(/C=c2/sc3n(c2=O)CCN=3)cc1OCC. The quantitative estimate of drug-likeness (QED) is 0.831. The number of thiazole rings is 1.